The van der Waals surface area contributed by atoms with E-state index in [1.54, 1.807) is 49.5 Å². The van der Waals surface area contributed by atoms with Gasteiger partial charge < -0.3 is 10.1 Å². The van der Waals surface area contributed by atoms with Crippen LogP contribution < -0.4 is 20.1 Å². The lowest BCUT2D eigenvalue weighted by Crippen LogP contribution is -2.38. The Bertz CT molecular complexity index is 1250. The lowest BCUT2D eigenvalue weighted by atomic mass is 10.1. The van der Waals surface area contributed by atoms with E-state index in [9.17, 15) is 18.8 Å². The van der Waals surface area contributed by atoms with Crippen molar-refractivity contribution in [1.82, 2.24) is 14.9 Å². The van der Waals surface area contributed by atoms with Gasteiger partial charge in [-0.2, -0.15) is 0 Å². The van der Waals surface area contributed by atoms with Crippen LogP contribution in [0.2, 0.25) is 0 Å². The van der Waals surface area contributed by atoms with Crippen LogP contribution in [-0.4, -0.2) is 34.6 Å². The van der Waals surface area contributed by atoms with Gasteiger partial charge in [0.15, 0.2) is 0 Å². The van der Waals surface area contributed by atoms with Gasteiger partial charge in [-0.25, -0.2) is 9.18 Å². The van der Waals surface area contributed by atoms with Gasteiger partial charge in [0.05, 0.1) is 22.9 Å². The smallest absolute Gasteiger partial charge is 0.333 e. The standard InChI is InChI=1S/C23H22FN3O4S/c1-2-31-22(29)14-21-27(23(30)19(32-21)13-18-5-3-4-11-25-18)15-20(28)26-12-10-16-6-8-17(24)9-7-16/h3-9,11,13-14H,2,10,12,15H2,1H3,(H,26,28). The molecule has 0 fully saturated rings. The molecule has 0 aliphatic rings. The number of aromatic nitrogens is 2. The number of ether oxygens (including phenoxy) is 1. The second kappa shape index (κ2) is 11.1. The Balaban J connectivity index is 1.81. The highest BCUT2D eigenvalue weighted by atomic mass is 32.1. The van der Waals surface area contributed by atoms with Gasteiger partial charge in [0.2, 0.25) is 5.91 Å². The Morgan fingerprint density at radius 3 is 2.69 bits per heavy atom. The number of pyridine rings is 1. The van der Waals surface area contributed by atoms with Crippen molar-refractivity contribution in [2.75, 3.05) is 13.2 Å². The normalized spacial score (nSPS) is 12.1. The molecule has 9 heteroatoms. The topological polar surface area (TPSA) is 90.3 Å². The van der Waals surface area contributed by atoms with Crippen LogP contribution >= 0.6 is 11.3 Å². The molecule has 0 atom stereocenters. The minimum absolute atomic E-state index is 0.196. The number of thiazole rings is 1. The number of hydrogen-bond acceptors (Lipinski definition) is 6. The Labute approximate surface area is 187 Å². The molecule has 3 rings (SSSR count). The quantitative estimate of drug-likeness (QED) is 0.512. The monoisotopic (exact) mass is 455 g/mol. The molecule has 1 N–H and O–H groups in total. The molecular formula is C23H22FN3O4S. The first-order chi connectivity index (χ1) is 15.5. The molecule has 166 valence electrons. The summed E-state index contributed by atoms with van der Waals surface area (Å²) >= 11 is 1.08. The average Bonchev–Trinajstić information content (AvgIpc) is 3.04. The van der Waals surface area contributed by atoms with E-state index in [-0.39, 0.29) is 24.9 Å². The van der Waals surface area contributed by atoms with Crippen molar-refractivity contribution in [2.24, 2.45) is 0 Å². The second-order valence-corrected chi connectivity index (χ2v) is 7.78. The van der Waals surface area contributed by atoms with Gasteiger partial charge in [0.1, 0.15) is 17.0 Å². The van der Waals surface area contributed by atoms with Gasteiger partial charge in [-0.15, -0.1) is 11.3 Å². The van der Waals surface area contributed by atoms with Crippen LogP contribution in [0, 0.1) is 5.82 Å². The number of nitrogens with zero attached hydrogens (tertiary/aromatic N) is 2. The summed E-state index contributed by atoms with van der Waals surface area (Å²) in [6.07, 6.45) is 4.94. The third-order valence-corrected chi connectivity index (χ3v) is 5.44. The van der Waals surface area contributed by atoms with Gasteiger partial charge >= 0.3 is 5.97 Å². The molecule has 1 amide bonds. The summed E-state index contributed by atoms with van der Waals surface area (Å²) < 4.78 is 19.8. The molecule has 3 aromatic rings. The van der Waals surface area contributed by atoms with Crippen LogP contribution in [-0.2, 0) is 27.3 Å². The second-order valence-electron chi connectivity index (χ2n) is 6.72. The van der Waals surface area contributed by atoms with Crippen LogP contribution in [0.15, 0.2) is 53.5 Å². The largest absolute Gasteiger partial charge is 0.463 e. The highest BCUT2D eigenvalue weighted by Crippen LogP contribution is 2.02. The first-order valence-electron chi connectivity index (χ1n) is 9.98. The van der Waals surface area contributed by atoms with Crippen LogP contribution in [0.25, 0.3) is 12.2 Å². The number of esters is 1. The van der Waals surface area contributed by atoms with Gasteiger partial charge in [-0.1, -0.05) is 18.2 Å². The summed E-state index contributed by atoms with van der Waals surface area (Å²) in [5.74, 6) is -1.29. The molecule has 0 saturated carbocycles. The summed E-state index contributed by atoms with van der Waals surface area (Å²) in [6, 6.07) is 11.3. The van der Waals surface area contributed by atoms with Crippen molar-refractivity contribution < 1.29 is 18.7 Å². The van der Waals surface area contributed by atoms with Crippen LogP contribution in [0.4, 0.5) is 4.39 Å². The van der Waals surface area contributed by atoms with Gasteiger partial charge in [0, 0.05) is 12.7 Å². The number of nitrogens with one attached hydrogen (secondary N) is 1. The molecular weight excluding hydrogens is 433 g/mol. The Morgan fingerprint density at radius 2 is 2.00 bits per heavy atom. The predicted molar refractivity (Wildman–Crippen MR) is 120 cm³/mol. The molecule has 0 aliphatic heterocycles. The number of hydrogen-bond donors (Lipinski definition) is 1. The molecule has 0 radical (unpaired) electrons. The van der Waals surface area contributed by atoms with E-state index in [0.29, 0.717) is 27.9 Å². The summed E-state index contributed by atoms with van der Waals surface area (Å²) in [6.45, 7) is 1.96. The van der Waals surface area contributed by atoms with Crippen molar-refractivity contribution in [2.45, 2.75) is 19.9 Å². The third-order valence-electron chi connectivity index (χ3n) is 4.38. The fraction of sp³-hybridized carbons (Fsp3) is 0.217. The number of amides is 1. The first-order valence-corrected chi connectivity index (χ1v) is 10.8. The minimum atomic E-state index is -0.594. The zero-order chi connectivity index (χ0) is 22.9. The summed E-state index contributed by atoms with van der Waals surface area (Å²) in [7, 11) is 0. The lowest BCUT2D eigenvalue weighted by Gasteiger charge is -2.06. The van der Waals surface area contributed by atoms with E-state index in [0.717, 1.165) is 16.9 Å². The van der Waals surface area contributed by atoms with Crippen LogP contribution in [0.3, 0.4) is 0 Å². The van der Waals surface area contributed by atoms with Gasteiger partial charge in [0.25, 0.3) is 5.56 Å². The maximum atomic E-state index is 13.0. The maximum absolute atomic E-state index is 13.0. The maximum Gasteiger partial charge on any atom is 0.333 e. The molecule has 1 aromatic carbocycles. The molecule has 7 nitrogen and oxygen atoms in total. The Hall–Kier alpha value is -3.59. The molecule has 2 aromatic heterocycles. The molecule has 0 aliphatic carbocycles. The zero-order valence-corrected chi connectivity index (χ0v) is 18.2. The molecule has 0 spiro atoms. The summed E-state index contributed by atoms with van der Waals surface area (Å²) in [5, 5.41) is 2.75. The number of carbonyl (C=O) groups is 2. The van der Waals surface area contributed by atoms with Gasteiger partial charge in [-0.05, 0) is 49.2 Å². The number of benzene rings is 1. The van der Waals surface area contributed by atoms with Crippen LogP contribution in [0.1, 0.15) is 18.2 Å². The average molecular weight is 456 g/mol. The SMILES string of the molecule is CCOC(=O)C=c1sc(=Cc2ccccn2)c(=O)n1CC(=O)NCCc1ccc(F)cc1. The highest BCUT2D eigenvalue weighted by molar-refractivity contribution is 7.07. The molecule has 2 heterocycles. The van der Waals surface area contributed by atoms with E-state index in [2.05, 4.69) is 10.3 Å². The van der Waals surface area contributed by atoms with Crippen molar-refractivity contribution in [3.63, 3.8) is 0 Å². The van der Waals surface area contributed by atoms with Crippen molar-refractivity contribution in [1.29, 1.82) is 0 Å². The third kappa shape index (κ3) is 6.45. The van der Waals surface area contributed by atoms with E-state index >= 15 is 0 Å². The Morgan fingerprint density at radius 1 is 1.22 bits per heavy atom. The fourth-order valence-corrected chi connectivity index (χ4v) is 3.89. The number of carbonyl (C=O) groups excluding carboxylic acids is 2. The zero-order valence-electron chi connectivity index (χ0n) is 17.4. The van der Waals surface area contributed by atoms with E-state index in [1.165, 1.54) is 22.8 Å². The number of rotatable bonds is 8. The van der Waals surface area contributed by atoms with E-state index in [4.69, 9.17) is 4.74 Å². The Kier molecular flexibility index (Phi) is 8.04. The van der Waals surface area contributed by atoms with Crippen LogP contribution in [0.5, 0.6) is 0 Å². The summed E-state index contributed by atoms with van der Waals surface area (Å²) in [5.41, 5.74) is 1.07. The van der Waals surface area contributed by atoms with E-state index in [1.807, 2.05) is 0 Å². The highest BCUT2D eigenvalue weighted by Gasteiger charge is 2.11. The molecule has 0 saturated heterocycles. The first kappa shape index (κ1) is 23.1. The lowest BCUT2D eigenvalue weighted by molar-refractivity contribution is -0.135. The fourth-order valence-electron chi connectivity index (χ4n) is 2.87. The number of halogens is 1. The molecule has 32 heavy (non-hydrogen) atoms. The minimum Gasteiger partial charge on any atom is -0.463 e. The molecule has 0 bridgehead atoms. The predicted octanol–water partition coefficient (Wildman–Crippen LogP) is 0.975. The summed E-state index contributed by atoms with van der Waals surface area (Å²) in [4.78, 5) is 41.5. The molecule has 0 unspecified atom stereocenters. The van der Waals surface area contributed by atoms with E-state index < -0.39 is 11.5 Å². The van der Waals surface area contributed by atoms with Crippen molar-refractivity contribution >= 4 is 35.4 Å². The van der Waals surface area contributed by atoms with Crippen molar-refractivity contribution in [3.8, 4) is 0 Å². The van der Waals surface area contributed by atoms with Gasteiger partial charge in [-0.3, -0.25) is 19.1 Å². The van der Waals surface area contributed by atoms with Crippen molar-refractivity contribution in [3.05, 3.63) is 85.3 Å².